The molecule has 1 aromatic heterocycles. The predicted molar refractivity (Wildman–Crippen MR) is 112 cm³/mol. The standard InChI is InChI=1S/C22H23F4N3O4/c1-3-16(27-21(33)22(24,25)26)11-7-28(8-11)18-10(2)17-13(6-15(18)23)19(30)14(20(31)32)9-29(17)12-4-5-12/h6,9,11-12,16H,3-5,7-8H2,1-2H3,(H,27,33)(H,31,32). The van der Waals surface area contributed by atoms with Crippen LogP contribution in [0.5, 0.6) is 0 Å². The summed E-state index contributed by atoms with van der Waals surface area (Å²) < 4.78 is 54.7. The van der Waals surface area contributed by atoms with Crippen molar-refractivity contribution in [2.45, 2.75) is 51.4 Å². The molecule has 33 heavy (non-hydrogen) atoms. The number of aromatic carboxylic acids is 1. The number of carbonyl (C=O) groups is 2. The molecule has 11 heteroatoms. The number of nitrogens with one attached hydrogen (secondary N) is 1. The second-order valence-corrected chi connectivity index (χ2v) is 8.69. The summed E-state index contributed by atoms with van der Waals surface area (Å²) in [5.41, 5.74) is -0.0179. The topological polar surface area (TPSA) is 91.6 Å². The van der Waals surface area contributed by atoms with Gasteiger partial charge < -0.3 is 19.9 Å². The number of hydrogen-bond acceptors (Lipinski definition) is 4. The van der Waals surface area contributed by atoms with Gasteiger partial charge in [-0.25, -0.2) is 9.18 Å². The molecule has 2 aliphatic rings. The molecule has 2 heterocycles. The summed E-state index contributed by atoms with van der Waals surface area (Å²) in [6.45, 7) is 3.79. The molecule has 2 fully saturated rings. The minimum absolute atomic E-state index is 0.0125. The quantitative estimate of drug-likeness (QED) is 0.633. The lowest BCUT2D eigenvalue weighted by molar-refractivity contribution is -0.174. The number of halogens is 4. The molecule has 2 aromatic rings. The SMILES string of the molecule is CCC(NC(=O)C(F)(F)F)C1CN(c2c(F)cc3c(=O)c(C(=O)O)cn(C4CC4)c3c2C)C1. The molecule has 1 aliphatic carbocycles. The van der Waals surface area contributed by atoms with Gasteiger partial charge in [0.1, 0.15) is 11.4 Å². The van der Waals surface area contributed by atoms with Gasteiger partial charge in [-0.05, 0) is 37.8 Å². The zero-order valence-corrected chi connectivity index (χ0v) is 18.0. The number of carboxylic acids is 1. The molecule has 1 unspecified atom stereocenters. The van der Waals surface area contributed by atoms with Gasteiger partial charge in [0.2, 0.25) is 5.43 Å². The number of carboxylic acid groups (broad SMARTS) is 1. The highest BCUT2D eigenvalue weighted by molar-refractivity contribution is 5.95. The van der Waals surface area contributed by atoms with E-state index in [1.807, 2.05) is 5.32 Å². The fraction of sp³-hybridized carbons (Fsp3) is 0.500. The number of benzene rings is 1. The third-order valence-corrected chi connectivity index (χ3v) is 6.46. The molecule has 1 saturated heterocycles. The molecule has 0 spiro atoms. The van der Waals surface area contributed by atoms with Crippen LogP contribution in [0.4, 0.5) is 23.2 Å². The second kappa shape index (κ2) is 8.03. The van der Waals surface area contributed by atoms with E-state index in [2.05, 4.69) is 0 Å². The monoisotopic (exact) mass is 469 g/mol. The van der Waals surface area contributed by atoms with Gasteiger partial charge in [-0.3, -0.25) is 9.59 Å². The summed E-state index contributed by atoms with van der Waals surface area (Å²) in [5, 5.41) is 11.4. The van der Waals surface area contributed by atoms with E-state index in [0.29, 0.717) is 17.5 Å². The molecule has 1 aromatic carbocycles. The first-order chi connectivity index (χ1) is 15.4. The Kier molecular flexibility index (Phi) is 5.61. The predicted octanol–water partition coefficient (Wildman–Crippen LogP) is 3.38. The Morgan fingerprint density at radius 2 is 1.91 bits per heavy atom. The summed E-state index contributed by atoms with van der Waals surface area (Å²) in [5.74, 6) is -4.37. The number of hydrogen-bond donors (Lipinski definition) is 2. The number of anilines is 1. The van der Waals surface area contributed by atoms with Crippen LogP contribution < -0.4 is 15.6 Å². The number of carbonyl (C=O) groups excluding carboxylic acids is 1. The van der Waals surface area contributed by atoms with Crippen molar-refractivity contribution in [3.63, 3.8) is 0 Å². The highest BCUT2D eigenvalue weighted by Gasteiger charge is 2.43. The van der Waals surface area contributed by atoms with Gasteiger partial charge >= 0.3 is 18.1 Å². The van der Waals surface area contributed by atoms with Crippen molar-refractivity contribution in [1.82, 2.24) is 9.88 Å². The average Bonchev–Trinajstić information content (AvgIpc) is 3.52. The summed E-state index contributed by atoms with van der Waals surface area (Å²) in [7, 11) is 0. The number of pyridine rings is 1. The van der Waals surface area contributed by atoms with E-state index in [1.54, 1.807) is 23.3 Å². The van der Waals surface area contributed by atoms with E-state index in [1.165, 1.54) is 6.20 Å². The van der Waals surface area contributed by atoms with E-state index in [-0.39, 0.29) is 36.1 Å². The maximum atomic E-state index is 15.1. The molecule has 0 bridgehead atoms. The highest BCUT2D eigenvalue weighted by Crippen LogP contribution is 2.41. The van der Waals surface area contributed by atoms with Gasteiger partial charge in [0, 0.05) is 42.7 Å². The number of nitrogens with zero attached hydrogens (tertiary/aromatic N) is 2. The Bertz CT molecular complexity index is 1200. The van der Waals surface area contributed by atoms with Crippen molar-refractivity contribution in [2.24, 2.45) is 5.92 Å². The fourth-order valence-electron chi connectivity index (χ4n) is 4.60. The summed E-state index contributed by atoms with van der Waals surface area (Å²) in [6.07, 6.45) is -1.76. The van der Waals surface area contributed by atoms with E-state index in [0.717, 1.165) is 18.9 Å². The Morgan fingerprint density at radius 3 is 2.42 bits per heavy atom. The van der Waals surface area contributed by atoms with Crippen LogP contribution in [0, 0.1) is 18.7 Å². The van der Waals surface area contributed by atoms with E-state index >= 15 is 4.39 Å². The minimum atomic E-state index is -4.97. The largest absolute Gasteiger partial charge is 0.477 e. The summed E-state index contributed by atoms with van der Waals surface area (Å²) >= 11 is 0. The van der Waals surface area contributed by atoms with Crippen LogP contribution in [0.25, 0.3) is 10.9 Å². The van der Waals surface area contributed by atoms with Crippen LogP contribution in [0.3, 0.4) is 0 Å². The van der Waals surface area contributed by atoms with E-state index in [4.69, 9.17) is 0 Å². The Hall–Kier alpha value is -3.11. The Morgan fingerprint density at radius 1 is 1.27 bits per heavy atom. The van der Waals surface area contributed by atoms with Gasteiger partial charge in [-0.15, -0.1) is 0 Å². The molecule has 1 atom stereocenters. The third-order valence-electron chi connectivity index (χ3n) is 6.46. The van der Waals surface area contributed by atoms with Crippen LogP contribution in [0.1, 0.15) is 48.1 Å². The first-order valence-corrected chi connectivity index (χ1v) is 10.7. The lowest BCUT2D eigenvalue weighted by Gasteiger charge is -2.45. The first kappa shape index (κ1) is 23.1. The first-order valence-electron chi connectivity index (χ1n) is 10.7. The van der Waals surface area contributed by atoms with Crippen molar-refractivity contribution in [3.8, 4) is 0 Å². The number of aryl methyl sites for hydroxylation is 1. The molecule has 7 nitrogen and oxygen atoms in total. The highest BCUT2D eigenvalue weighted by atomic mass is 19.4. The summed E-state index contributed by atoms with van der Waals surface area (Å²) in [4.78, 5) is 37.2. The number of fused-ring (bicyclic) bond motifs is 1. The van der Waals surface area contributed by atoms with Crippen LogP contribution in [0.15, 0.2) is 17.1 Å². The van der Waals surface area contributed by atoms with Crippen molar-refractivity contribution in [1.29, 1.82) is 0 Å². The number of rotatable bonds is 6. The molecular weight excluding hydrogens is 446 g/mol. The molecule has 1 saturated carbocycles. The van der Waals surface area contributed by atoms with Crippen LogP contribution in [-0.4, -0.2) is 46.9 Å². The molecular formula is C22H23F4N3O4. The van der Waals surface area contributed by atoms with E-state index in [9.17, 15) is 32.7 Å². The third kappa shape index (κ3) is 4.04. The minimum Gasteiger partial charge on any atom is -0.477 e. The number of alkyl halides is 3. The van der Waals surface area contributed by atoms with Crippen molar-refractivity contribution >= 4 is 28.5 Å². The second-order valence-electron chi connectivity index (χ2n) is 8.69. The zero-order chi connectivity index (χ0) is 24.2. The lowest BCUT2D eigenvalue weighted by atomic mass is 9.88. The molecule has 2 N–H and O–H groups in total. The molecule has 0 radical (unpaired) electrons. The lowest BCUT2D eigenvalue weighted by Crippen LogP contribution is -2.58. The molecule has 1 amide bonds. The normalized spacial score (nSPS) is 17.7. The van der Waals surface area contributed by atoms with Crippen LogP contribution >= 0.6 is 0 Å². The average molecular weight is 469 g/mol. The van der Waals surface area contributed by atoms with E-state index < -0.39 is 40.9 Å². The Labute approximate surface area is 186 Å². The maximum absolute atomic E-state index is 15.1. The molecule has 4 rings (SSSR count). The Balaban J connectivity index is 1.67. The van der Waals surface area contributed by atoms with Crippen molar-refractivity contribution in [2.75, 3.05) is 18.0 Å². The number of amides is 1. The zero-order valence-electron chi connectivity index (χ0n) is 18.0. The smallest absolute Gasteiger partial charge is 0.471 e. The molecule has 1 aliphatic heterocycles. The van der Waals surface area contributed by atoms with Crippen molar-refractivity contribution in [3.05, 3.63) is 39.4 Å². The van der Waals surface area contributed by atoms with Gasteiger partial charge in [-0.2, -0.15) is 13.2 Å². The van der Waals surface area contributed by atoms with Crippen LogP contribution in [-0.2, 0) is 4.79 Å². The van der Waals surface area contributed by atoms with Gasteiger partial charge in [0.25, 0.3) is 0 Å². The maximum Gasteiger partial charge on any atom is 0.471 e. The fourth-order valence-corrected chi connectivity index (χ4v) is 4.60. The van der Waals surface area contributed by atoms with Crippen molar-refractivity contribution < 1.29 is 32.3 Å². The van der Waals surface area contributed by atoms with Gasteiger partial charge in [-0.1, -0.05) is 6.92 Å². The molecule has 178 valence electrons. The van der Waals surface area contributed by atoms with Crippen LogP contribution in [0.2, 0.25) is 0 Å². The van der Waals surface area contributed by atoms with Gasteiger partial charge in [0.15, 0.2) is 0 Å². The number of aromatic nitrogens is 1. The summed E-state index contributed by atoms with van der Waals surface area (Å²) in [6, 6.07) is 0.359. The van der Waals surface area contributed by atoms with Gasteiger partial charge in [0.05, 0.1) is 11.2 Å².